The Morgan fingerprint density at radius 2 is 1.82 bits per heavy atom. The van der Waals surface area contributed by atoms with Gasteiger partial charge >= 0.3 is 0 Å². The first-order chi connectivity index (χ1) is 16.3. The number of sulfonamides is 1. The Bertz CT molecular complexity index is 1100. The molecule has 1 N–H and O–H groups in total. The molecule has 1 aliphatic rings. The molecule has 1 atom stereocenters. The third-order valence-electron chi connectivity index (χ3n) is 6.00. The number of nitrogens with zero attached hydrogens (tertiary/aromatic N) is 1. The molecule has 0 spiro atoms. The number of carbonyl (C=O) groups is 1. The van der Waals surface area contributed by atoms with Crippen LogP contribution in [0.15, 0.2) is 41.3 Å². The summed E-state index contributed by atoms with van der Waals surface area (Å²) in [7, 11) is -0.518. The number of carbonyl (C=O) groups excluding carboxylic acids is 1. The van der Waals surface area contributed by atoms with Crippen LogP contribution in [0.3, 0.4) is 0 Å². The molecule has 2 aromatic carbocycles. The molecule has 2 aromatic rings. The Morgan fingerprint density at radius 1 is 1.09 bits per heavy atom. The molecule has 1 fully saturated rings. The minimum Gasteiger partial charge on any atom is -0.494 e. The van der Waals surface area contributed by atoms with Crippen LogP contribution in [0, 0.1) is 12.8 Å². The van der Waals surface area contributed by atoms with E-state index in [0.29, 0.717) is 56.2 Å². The van der Waals surface area contributed by atoms with Crippen LogP contribution in [-0.4, -0.2) is 59.1 Å². The highest BCUT2D eigenvalue weighted by atomic mass is 32.2. The van der Waals surface area contributed by atoms with Crippen molar-refractivity contribution in [3.63, 3.8) is 0 Å². The molecule has 0 aromatic heterocycles. The second kappa shape index (κ2) is 11.6. The zero-order valence-electron chi connectivity index (χ0n) is 20.3. The van der Waals surface area contributed by atoms with Gasteiger partial charge in [-0.05, 0) is 74.6 Å². The molecular formula is C25H34N2O6S. The van der Waals surface area contributed by atoms with Crippen molar-refractivity contribution in [1.29, 1.82) is 0 Å². The number of rotatable bonds is 10. The molecule has 0 aliphatic carbocycles. The van der Waals surface area contributed by atoms with Crippen LogP contribution in [0.4, 0.5) is 0 Å². The molecule has 0 saturated carbocycles. The van der Waals surface area contributed by atoms with Crippen molar-refractivity contribution in [1.82, 2.24) is 9.62 Å². The third-order valence-corrected chi connectivity index (χ3v) is 7.86. The topological polar surface area (TPSA) is 94.2 Å². The highest BCUT2D eigenvalue weighted by Crippen LogP contribution is 2.29. The first kappa shape index (κ1) is 25.8. The molecule has 1 saturated heterocycles. The van der Waals surface area contributed by atoms with Crippen molar-refractivity contribution < 1.29 is 27.4 Å². The monoisotopic (exact) mass is 490 g/mol. The smallest absolute Gasteiger partial charge is 0.243 e. The van der Waals surface area contributed by atoms with Crippen molar-refractivity contribution in [2.45, 2.75) is 38.0 Å². The van der Waals surface area contributed by atoms with Gasteiger partial charge in [0, 0.05) is 19.6 Å². The number of aryl methyl sites for hydroxylation is 1. The fourth-order valence-corrected chi connectivity index (χ4v) is 5.74. The van der Waals surface area contributed by atoms with Crippen molar-refractivity contribution in [2.24, 2.45) is 5.92 Å². The van der Waals surface area contributed by atoms with Gasteiger partial charge in [0.2, 0.25) is 15.9 Å². The zero-order valence-corrected chi connectivity index (χ0v) is 21.1. The van der Waals surface area contributed by atoms with E-state index in [1.807, 2.05) is 32.0 Å². The van der Waals surface area contributed by atoms with Gasteiger partial charge in [-0.15, -0.1) is 0 Å². The van der Waals surface area contributed by atoms with Crippen LogP contribution < -0.4 is 19.5 Å². The van der Waals surface area contributed by atoms with E-state index < -0.39 is 10.0 Å². The maximum Gasteiger partial charge on any atom is 0.243 e. The number of hydrogen-bond donors (Lipinski definition) is 1. The Balaban J connectivity index is 1.59. The van der Waals surface area contributed by atoms with Gasteiger partial charge in [0.05, 0.1) is 31.6 Å². The lowest BCUT2D eigenvalue weighted by Crippen LogP contribution is -2.45. The average molecular weight is 491 g/mol. The summed E-state index contributed by atoms with van der Waals surface area (Å²) in [5.41, 5.74) is 1.78. The van der Waals surface area contributed by atoms with E-state index >= 15 is 0 Å². The van der Waals surface area contributed by atoms with E-state index in [1.54, 1.807) is 32.4 Å². The van der Waals surface area contributed by atoms with Gasteiger partial charge in [-0.2, -0.15) is 4.31 Å². The van der Waals surface area contributed by atoms with Gasteiger partial charge in [0.15, 0.2) is 11.5 Å². The van der Waals surface area contributed by atoms with Gasteiger partial charge in [-0.25, -0.2) is 8.42 Å². The molecule has 34 heavy (non-hydrogen) atoms. The molecule has 0 bridgehead atoms. The molecule has 1 amide bonds. The molecular weight excluding hydrogens is 456 g/mol. The molecule has 3 rings (SSSR count). The summed E-state index contributed by atoms with van der Waals surface area (Å²) in [6, 6.07) is 10.5. The second-order valence-corrected chi connectivity index (χ2v) is 10.2. The lowest BCUT2D eigenvalue weighted by molar-refractivity contribution is -0.126. The Kier molecular flexibility index (Phi) is 8.79. The fourth-order valence-electron chi connectivity index (χ4n) is 4.13. The molecule has 1 aliphatic heterocycles. The highest BCUT2D eigenvalue weighted by Gasteiger charge is 2.33. The minimum absolute atomic E-state index is 0.122. The normalized spacial score (nSPS) is 16.6. The van der Waals surface area contributed by atoms with E-state index in [0.717, 1.165) is 11.1 Å². The first-order valence-corrected chi connectivity index (χ1v) is 13.0. The first-order valence-electron chi connectivity index (χ1n) is 11.5. The Morgan fingerprint density at radius 3 is 2.50 bits per heavy atom. The molecule has 1 heterocycles. The van der Waals surface area contributed by atoms with Crippen molar-refractivity contribution in [2.75, 3.05) is 40.5 Å². The third kappa shape index (κ3) is 6.01. The summed E-state index contributed by atoms with van der Waals surface area (Å²) >= 11 is 0. The lowest BCUT2D eigenvalue weighted by Gasteiger charge is -2.31. The number of hydrogen-bond acceptors (Lipinski definition) is 6. The van der Waals surface area contributed by atoms with Crippen LogP contribution in [0.5, 0.6) is 17.2 Å². The van der Waals surface area contributed by atoms with Gasteiger partial charge in [-0.1, -0.05) is 6.07 Å². The Hall–Kier alpha value is -2.78. The lowest BCUT2D eigenvalue weighted by atomic mass is 9.99. The molecule has 0 radical (unpaired) electrons. The maximum atomic E-state index is 13.2. The Labute approximate surface area is 202 Å². The standard InChI is InChI=1S/C25H34N2O6S/c1-5-33-22-11-9-21(15-18(22)2)34(29,30)27-14-6-7-20(17-27)25(28)26-13-12-19-8-10-23(31-3)24(16-19)32-4/h8-11,15-16,20H,5-7,12-14,17H2,1-4H3,(H,26,28)/t20-/m1/s1. The number of nitrogens with one attached hydrogen (secondary N) is 1. The van der Waals surface area contributed by atoms with E-state index in [4.69, 9.17) is 14.2 Å². The average Bonchev–Trinajstić information content (AvgIpc) is 2.85. The van der Waals surface area contributed by atoms with Crippen LogP contribution in [-0.2, 0) is 21.2 Å². The van der Waals surface area contributed by atoms with Crippen LogP contribution >= 0.6 is 0 Å². The summed E-state index contributed by atoms with van der Waals surface area (Å²) in [4.78, 5) is 13.0. The van der Waals surface area contributed by atoms with Crippen LogP contribution in [0.1, 0.15) is 30.9 Å². The number of ether oxygens (including phenoxy) is 3. The maximum absolute atomic E-state index is 13.2. The van der Waals surface area contributed by atoms with Crippen LogP contribution in [0.2, 0.25) is 0 Å². The molecule has 9 heteroatoms. The summed E-state index contributed by atoms with van der Waals surface area (Å²) in [5.74, 6) is 1.47. The van der Waals surface area contributed by atoms with Crippen LogP contribution in [0.25, 0.3) is 0 Å². The van der Waals surface area contributed by atoms with Gasteiger partial charge in [0.25, 0.3) is 0 Å². The van der Waals surface area contributed by atoms with Crippen molar-refractivity contribution in [3.8, 4) is 17.2 Å². The molecule has 0 unspecified atom stereocenters. The second-order valence-electron chi connectivity index (χ2n) is 8.29. The van der Waals surface area contributed by atoms with E-state index in [9.17, 15) is 13.2 Å². The quantitative estimate of drug-likeness (QED) is 0.550. The minimum atomic E-state index is -3.69. The number of methoxy groups -OCH3 is 2. The number of amides is 1. The summed E-state index contributed by atoms with van der Waals surface area (Å²) in [6.07, 6.45) is 1.94. The van der Waals surface area contributed by atoms with Gasteiger partial charge in [0.1, 0.15) is 5.75 Å². The van der Waals surface area contributed by atoms with Crippen molar-refractivity contribution >= 4 is 15.9 Å². The SMILES string of the molecule is CCOc1ccc(S(=O)(=O)N2CCC[C@@H](C(=O)NCCc3ccc(OC)c(OC)c3)C2)cc1C. The van der Waals surface area contributed by atoms with Gasteiger partial charge < -0.3 is 19.5 Å². The number of piperidine rings is 1. The predicted octanol–water partition coefficient (Wildman–Crippen LogP) is 3.17. The fraction of sp³-hybridized carbons (Fsp3) is 0.480. The largest absolute Gasteiger partial charge is 0.494 e. The summed E-state index contributed by atoms with van der Waals surface area (Å²) < 4.78 is 44.0. The predicted molar refractivity (Wildman–Crippen MR) is 130 cm³/mol. The van der Waals surface area contributed by atoms with Gasteiger partial charge in [-0.3, -0.25) is 4.79 Å². The highest BCUT2D eigenvalue weighted by molar-refractivity contribution is 7.89. The van der Waals surface area contributed by atoms with E-state index in [1.165, 1.54) is 4.31 Å². The summed E-state index contributed by atoms with van der Waals surface area (Å²) in [5, 5.41) is 2.96. The molecule has 8 nitrogen and oxygen atoms in total. The zero-order chi connectivity index (χ0) is 24.7. The van der Waals surface area contributed by atoms with E-state index in [2.05, 4.69) is 5.32 Å². The summed E-state index contributed by atoms with van der Waals surface area (Å²) in [6.45, 7) is 5.27. The number of benzene rings is 2. The van der Waals surface area contributed by atoms with E-state index in [-0.39, 0.29) is 23.3 Å². The van der Waals surface area contributed by atoms with Crippen molar-refractivity contribution in [3.05, 3.63) is 47.5 Å². The molecule has 186 valence electrons.